The minimum absolute atomic E-state index is 0.0799. The second-order valence-corrected chi connectivity index (χ2v) is 16.7. The van der Waals surface area contributed by atoms with E-state index < -0.39 is 63.6 Å². The minimum atomic E-state index is -1.30. The van der Waals surface area contributed by atoms with Gasteiger partial charge in [0.15, 0.2) is 0 Å². The van der Waals surface area contributed by atoms with Crippen molar-refractivity contribution in [3.05, 3.63) is 110 Å². The van der Waals surface area contributed by atoms with Gasteiger partial charge in [0.2, 0.25) is 23.6 Å². The monoisotopic (exact) mass is 775 g/mol. The topological polar surface area (TPSA) is 156 Å². The van der Waals surface area contributed by atoms with Crippen molar-refractivity contribution in [1.29, 1.82) is 0 Å². The summed E-state index contributed by atoms with van der Waals surface area (Å²) in [6.07, 6.45) is 2.31. The maximum absolute atomic E-state index is 15.1. The van der Waals surface area contributed by atoms with Crippen LogP contribution in [0.2, 0.25) is 5.02 Å². The number of halogens is 1. The van der Waals surface area contributed by atoms with Crippen molar-refractivity contribution in [2.75, 3.05) is 9.80 Å². The lowest BCUT2D eigenvalue weighted by Crippen LogP contribution is -2.49. The van der Waals surface area contributed by atoms with E-state index in [2.05, 4.69) is 0 Å². The molecule has 4 heterocycles. The lowest BCUT2D eigenvalue weighted by atomic mass is 9.51. The van der Waals surface area contributed by atoms with Crippen LogP contribution < -0.4 is 9.80 Å². The fourth-order valence-corrected chi connectivity index (χ4v) is 11.0. The first-order valence-corrected chi connectivity index (χ1v) is 19.1. The number of amides is 4. The van der Waals surface area contributed by atoms with Gasteiger partial charge in [-0.15, -0.1) is 11.3 Å². The molecule has 278 valence electrons. The van der Waals surface area contributed by atoms with Gasteiger partial charge in [0.1, 0.15) is 17.3 Å². The molecule has 3 aromatic carbocycles. The Hall–Kier alpha value is -5.66. The third kappa shape index (κ3) is 4.91. The number of hydrogen-bond donors (Lipinski definition) is 1. The molecule has 5 aromatic rings. The van der Waals surface area contributed by atoms with E-state index in [0.29, 0.717) is 27.7 Å². The molecule has 1 saturated carbocycles. The van der Waals surface area contributed by atoms with Crippen molar-refractivity contribution >= 4 is 73.8 Å². The van der Waals surface area contributed by atoms with Crippen LogP contribution in [0.1, 0.15) is 42.4 Å². The van der Waals surface area contributed by atoms with E-state index in [9.17, 15) is 29.6 Å². The molecule has 4 amide bonds. The van der Waals surface area contributed by atoms with Crippen LogP contribution in [-0.2, 0) is 26.2 Å². The van der Waals surface area contributed by atoms with Gasteiger partial charge in [-0.3, -0.25) is 34.0 Å². The molecule has 0 bridgehead atoms. The number of allylic oxidation sites excluding steroid dienone is 2. The van der Waals surface area contributed by atoms with E-state index in [1.54, 1.807) is 48.2 Å². The van der Waals surface area contributed by atoms with Gasteiger partial charge in [0, 0.05) is 40.9 Å². The average Bonchev–Trinajstić information content (AvgIpc) is 3.83. The highest BCUT2D eigenvalue weighted by Crippen LogP contribution is 2.64. The summed E-state index contributed by atoms with van der Waals surface area (Å²) in [6, 6.07) is 18.0. The van der Waals surface area contributed by atoms with Gasteiger partial charge < -0.3 is 5.11 Å². The lowest BCUT2D eigenvalue weighted by molar-refractivity contribution is -0.384. The van der Waals surface area contributed by atoms with E-state index in [1.165, 1.54) is 29.2 Å². The van der Waals surface area contributed by atoms with Crippen LogP contribution in [0, 0.1) is 53.0 Å². The molecule has 2 saturated heterocycles. The van der Waals surface area contributed by atoms with Crippen molar-refractivity contribution in [3.8, 4) is 16.3 Å². The molecule has 2 aliphatic carbocycles. The molecule has 4 aliphatic rings. The van der Waals surface area contributed by atoms with Crippen LogP contribution in [0.25, 0.3) is 20.7 Å². The van der Waals surface area contributed by atoms with Crippen molar-refractivity contribution < 1.29 is 29.2 Å². The van der Waals surface area contributed by atoms with Crippen LogP contribution in [0.5, 0.6) is 5.75 Å². The summed E-state index contributed by atoms with van der Waals surface area (Å²) in [5.74, 6) is -5.08. The fraction of sp³-hybridized carbons (Fsp3) is 0.293. The van der Waals surface area contributed by atoms with Crippen LogP contribution in [0.3, 0.4) is 0 Å². The van der Waals surface area contributed by atoms with Gasteiger partial charge in [0.25, 0.3) is 5.69 Å². The van der Waals surface area contributed by atoms with Crippen molar-refractivity contribution in [2.24, 2.45) is 36.1 Å². The number of aromatic nitrogens is 2. The zero-order chi connectivity index (χ0) is 38.8. The Morgan fingerprint density at radius 3 is 2.49 bits per heavy atom. The second-order valence-electron chi connectivity index (χ2n) is 15.2. The van der Waals surface area contributed by atoms with Gasteiger partial charge in [-0.1, -0.05) is 41.4 Å². The third-order valence-corrected chi connectivity index (χ3v) is 13.9. The summed E-state index contributed by atoms with van der Waals surface area (Å²) >= 11 is 7.85. The molecule has 6 unspecified atom stereocenters. The van der Waals surface area contributed by atoms with Crippen LogP contribution >= 0.6 is 22.9 Å². The Morgan fingerprint density at radius 1 is 0.964 bits per heavy atom. The zero-order valence-electron chi connectivity index (χ0n) is 30.1. The van der Waals surface area contributed by atoms with Gasteiger partial charge in [0.05, 0.1) is 38.7 Å². The molecule has 0 radical (unpaired) electrons. The fourth-order valence-electron chi connectivity index (χ4n) is 9.69. The molecule has 0 spiro atoms. The predicted molar refractivity (Wildman–Crippen MR) is 207 cm³/mol. The molecule has 3 fully saturated rings. The highest BCUT2D eigenvalue weighted by molar-refractivity contribution is 7.22. The number of nitrogens with zero attached hydrogens (tertiary/aromatic N) is 5. The first-order chi connectivity index (χ1) is 26.2. The molecule has 1 N–H and O–H groups in total. The standard InChI is InChI=1S/C41H34ClN5O7S/c1-19-14-21(8-12-31(19)48)35-25-10-11-26-34(39(51)45(37(26)49)23-6-5-7-24(16-23)47(53)54)28(25)17-29-38(50)46(40(52)41(29,35)3)33-18-30(43-44(33)4)36-20(2)27-15-22(42)9-13-32(27)55-36/h5-10,12-16,18,26,28-29,34-35,48H,11,17H2,1-4H3. The molecular formula is C41H34ClN5O7S. The van der Waals surface area contributed by atoms with E-state index in [4.69, 9.17) is 16.7 Å². The average molecular weight is 776 g/mol. The predicted octanol–water partition coefficient (Wildman–Crippen LogP) is 7.62. The van der Waals surface area contributed by atoms with Crippen molar-refractivity contribution in [1.82, 2.24) is 9.78 Å². The number of phenols is 1. The van der Waals surface area contributed by atoms with Gasteiger partial charge in [-0.2, -0.15) is 5.10 Å². The highest BCUT2D eigenvalue weighted by atomic mass is 35.5. The van der Waals surface area contributed by atoms with E-state index >= 15 is 4.79 Å². The van der Waals surface area contributed by atoms with Gasteiger partial charge in [-0.05, 0) is 91.9 Å². The number of hydrogen-bond acceptors (Lipinski definition) is 9. The summed E-state index contributed by atoms with van der Waals surface area (Å²) in [6.45, 7) is 5.56. The maximum atomic E-state index is 15.1. The molecular weight excluding hydrogens is 742 g/mol. The Balaban J connectivity index is 1.15. The number of imide groups is 2. The number of thiophene rings is 1. The minimum Gasteiger partial charge on any atom is -0.508 e. The molecule has 55 heavy (non-hydrogen) atoms. The number of anilines is 2. The SMILES string of the molecule is Cc1cc(C2C3=CCC4C(=O)N(c5cccc([N+](=O)[O-])c5)C(=O)C4C3CC3C(=O)N(c4cc(-c5sc6ccc(Cl)cc6c5C)nn4C)C(=O)C32C)ccc1O. The number of carbonyl (C=O) groups excluding carboxylic acids is 4. The number of aromatic hydroxyl groups is 1. The number of aryl methyl sites for hydroxylation is 3. The Kier molecular flexibility index (Phi) is 7.76. The smallest absolute Gasteiger partial charge is 0.271 e. The van der Waals surface area contributed by atoms with Crippen LogP contribution in [-0.4, -0.2) is 43.4 Å². The number of fused-ring (bicyclic) bond motifs is 5. The summed E-state index contributed by atoms with van der Waals surface area (Å²) in [7, 11) is 1.70. The number of phenolic OH excluding ortho intramolecular Hbond substituents is 1. The Bertz CT molecular complexity index is 2610. The summed E-state index contributed by atoms with van der Waals surface area (Å²) in [5, 5.41) is 28.5. The largest absolute Gasteiger partial charge is 0.508 e. The zero-order valence-corrected chi connectivity index (χ0v) is 31.7. The molecule has 6 atom stereocenters. The molecule has 12 nitrogen and oxygen atoms in total. The van der Waals surface area contributed by atoms with Crippen LogP contribution in [0.15, 0.2) is 78.4 Å². The summed E-state index contributed by atoms with van der Waals surface area (Å²) in [4.78, 5) is 72.5. The van der Waals surface area contributed by atoms with Crippen LogP contribution in [0.4, 0.5) is 17.2 Å². The molecule has 14 heteroatoms. The number of carbonyl (C=O) groups is 4. The quantitative estimate of drug-likeness (QED) is 0.0828. The van der Waals surface area contributed by atoms with Gasteiger partial charge >= 0.3 is 0 Å². The number of rotatable bonds is 5. The normalized spacial score (nSPS) is 26.1. The van der Waals surface area contributed by atoms with Gasteiger partial charge in [-0.25, -0.2) is 9.80 Å². The summed E-state index contributed by atoms with van der Waals surface area (Å²) in [5.41, 5.74) is 2.25. The number of nitro groups is 1. The summed E-state index contributed by atoms with van der Waals surface area (Å²) < 4.78 is 2.57. The first kappa shape index (κ1) is 35.1. The number of non-ortho nitro benzene ring substituents is 1. The van der Waals surface area contributed by atoms with E-state index in [1.807, 2.05) is 44.2 Å². The van der Waals surface area contributed by atoms with Crippen molar-refractivity contribution in [2.45, 2.75) is 39.5 Å². The molecule has 9 rings (SSSR count). The number of nitro benzene ring substituents is 1. The Morgan fingerprint density at radius 2 is 1.75 bits per heavy atom. The lowest BCUT2D eigenvalue weighted by Gasteiger charge is -2.49. The third-order valence-electron chi connectivity index (χ3n) is 12.3. The highest BCUT2D eigenvalue weighted by Gasteiger charge is 2.68. The first-order valence-electron chi connectivity index (χ1n) is 17.9. The van der Waals surface area contributed by atoms with Crippen molar-refractivity contribution in [3.63, 3.8) is 0 Å². The van der Waals surface area contributed by atoms with E-state index in [0.717, 1.165) is 31.0 Å². The molecule has 2 aliphatic heterocycles. The van der Waals surface area contributed by atoms with E-state index in [-0.39, 0.29) is 30.0 Å². The maximum Gasteiger partial charge on any atom is 0.271 e. The number of benzene rings is 3. The molecule has 2 aromatic heterocycles. The second kappa shape index (κ2) is 12.2. The Labute approximate surface area is 323 Å².